The summed E-state index contributed by atoms with van der Waals surface area (Å²) in [5.41, 5.74) is 0.449. The molecule has 1 fully saturated rings. The van der Waals surface area contributed by atoms with Crippen molar-refractivity contribution in [3.05, 3.63) is 42.0 Å². The molecule has 0 bridgehead atoms. The summed E-state index contributed by atoms with van der Waals surface area (Å²) in [6.07, 6.45) is 2.05. The Balaban J connectivity index is 1.76. The Morgan fingerprint density at radius 1 is 1.17 bits per heavy atom. The molecule has 0 spiro atoms. The molecule has 1 saturated carbocycles. The van der Waals surface area contributed by atoms with Crippen LogP contribution in [-0.4, -0.2) is 31.0 Å². The van der Waals surface area contributed by atoms with E-state index in [1.807, 2.05) is 37.3 Å². The van der Waals surface area contributed by atoms with Gasteiger partial charge in [0.2, 0.25) is 5.91 Å². The predicted octanol–water partition coefficient (Wildman–Crippen LogP) is 2.25. The lowest BCUT2D eigenvalue weighted by Gasteiger charge is -2.12. The van der Waals surface area contributed by atoms with Crippen LogP contribution in [0, 0.1) is 0 Å². The molecule has 1 aliphatic rings. The van der Waals surface area contributed by atoms with E-state index in [2.05, 4.69) is 10.6 Å². The van der Waals surface area contributed by atoms with E-state index in [0.717, 1.165) is 23.6 Å². The molecule has 2 N–H and O–H groups in total. The second kappa shape index (κ2) is 6.69. The third-order valence-corrected chi connectivity index (χ3v) is 3.74. The Kier molecular flexibility index (Phi) is 4.46. The lowest BCUT2D eigenvalue weighted by atomic mass is 10.1. The van der Waals surface area contributed by atoms with Crippen molar-refractivity contribution in [3.63, 3.8) is 0 Å². The van der Waals surface area contributed by atoms with Crippen LogP contribution in [0.2, 0.25) is 0 Å². The standard InChI is InChI=1S/C18H20N2O3/c1-2-23-16-10-13-6-4-3-5-12(13)9-15(16)18(22)19-11-17(21)20-14-7-8-14/h3-6,9-10,14H,2,7-8,11H2,1H3,(H,19,22)(H,20,21). The van der Waals surface area contributed by atoms with Gasteiger partial charge < -0.3 is 15.4 Å². The van der Waals surface area contributed by atoms with Gasteiger partial charge in [-0.3, -0.25) is 9.59 Å². The molecular formula is C18H20N2O3. The number of ether oxygens (including phenoxy) is 1. The molecule has 5 heteroatoms. The third-order valence-electron chi connectivity index (χ3n) is 3.74. The number of hydrogen-bond donors (Lipinski definition) is 2. The fourth-order valence-corrected chi connectivity index (χ4v) is 2.43. The van der Waals surface area contributed by atoms with Crippen LogP contribution in [0.25, 0.3) is 10.8 Å². The number of hydrogen-bond acceptors (Lipinski definition) is 3. The molecule has 1 aliphatic carbocycles. The predicted molar refractivity (Wildman–Crippen MR) is 88.6 cm³/mol. The zero-order chi connectivity index (χ0) is 16.2. The number of benzene rings is 2. The Morgan fingerprint density at radius 2 is 1.87 bits per heavy atom. The largest absolute Gasteiger partial charge is 0.493 e. The molecule has 120 valence electrons. The zero-order valence-corrected chi connectivity index (χ0v) is 13.1. The molecule has 0 unspecified atom stereocenters. The molecule has 0 radical (unpaired) electrons. The van der Waals surface area contributed by atoms with Crippen molar-refractivity contribution in [3.8, 4) is 5.75 Å². The van der Waals surface area contributed by atoms with E-state index in [0.29, 0.717) is 24.0 Å². The van der Waals surface area contributed by atoms with Crippen molar-refractivity contribution < 1.29 is 14.3 Å². The normalized spacial score (nSPS) is 13.6. The zero-order valence-electron chi connectivity index (χ0n) is 13.1. The van der Waals surface area contributed by atoms with Gasteiger partial charge in [0.05, 0.1) is 18.7 Å². The van der Waals surface area contributed by atoms with Gasteiger partial charge in [-0.1, -0.05) is 24.3 Å². The fourth-order valence-electron chi connectivity index (χ4n) is 2.43. The molecule has 2 aromatic carbocycles. The van der Waals surface area contributed by atoms with Crippen LogP contribution in [0.5, 0.6) is 5.75 Å². The number of nitrogens with one attached hydrogen (secondary N) is 2. The first-order valence-corrected chi connectivity index (χ1v) is 7.90. The van der Waals surface area contributed by atoms with Gasteiger partial charge >= 0.3 is 0 Å². The van der Waals surface area contributed by atoms with Gasteiger partial charge in [-0.05, 0) is 42.7 Å². The maximum Gasteiger partial charge on any atom is 0.255 e. The van der Waals surface area contributed by atoms with Crippen molar-refractivity contribution in [1.82, 2.24) is 10.6 Å². The topological polar surface area (TPSA) is 67.4 Å². The lowest BCUT2D eigenvalue weighted by Crippen LogP contribution is -2.37. The van der Waals surface area contributed by atoms with Gasteiger partial charge in [-0.15, -0.1) is 0 Å². The molecule has 0 heterocycles. The van der Waals surface area contributed by atoms with Crippen LogP contribution in [0.4, 0.5) is 0 Å². The molecular weight excluding hydrogens is 292 g/mol. The first kappa shape index (κ1) is 15.3. The summed E-state index contributed by atoms with van der Waals surface area (Å²) < 4.78 is 5.59. The van der Waals surface area contributed by atoms with Crippen LogP contribution in [0.1, 0.15) is 30.1 Å². The molecule has 0 aromatic heterocycles. The van der Waals surface area contributed by atoms with Crippen molar-refractivity contribution in [2.24, 2.45) is 0 Å². The van der Waals surface area contributed by atoms with Gasteiger partial charge in [-0.2, -0.15) is 0 Å². The van der Waals surface area contributed by atoms with E-state index >= 15 is 0 Å². The maximum absolute atomic E-state index is 12.4. The summed E-state index contributed by atoms with van der Waals surface area (Å²) in [6, 6.07) is 11.7. The summed E-state index contributed by atoms with van der Waals surface area (Å²) in [5, 5.41) is 7.48. The van der Waals surface area contributed by atoms with E-state index in [4.69, 9.17) is 4.74 Å². The number of rotatable bonds is 6. The van der Waals surface area contributed by atoms with Crippen molar-refractivity contribution in [2.75, 3.05) is 13.2 Å². The molecule has 2 amide bonds. The molecule has 2 aromatic rings. The van der Waals surface area contributed by atoms with Gasteiger partial charge in [0.15, 0.2) is 0 Å². The van der Waals surface area contributed by atoms with E-state index in [9.17, 15) is 9.59 Å². The second-order valence-corrected chi connectivity index (χ2v) is 5.65. The lowest BCUT2D eigenvalue weighted by molar-refractivity contribution is -0.120. The van der Waals surface area contributed by atoms with E-state index in [1.165, 1.54) is 0 Å². The Hall–Kier alpha value is -2.56. The highest BCUT2D eigenvalue weighted by Gasteiger charge is 2.23. The van der Waals surface area contributed by atoms with Crippen molar-refractivity contribution in [2.45, 2.75) is 25.8 Å². The van der Waals surface area contributed by atoms with Crippen LogP contribution >= 0.6 is 0 Å². The molecule has 23 heavy (non-hydrogen) atoms. The second-order valence-electron chi connectivity index (χ2n) is 5.65. The first-order chi connectivity index (χ1) is 11.2. The summed E-state index contributed by atoms with van der Waals surface area (Å²) >= 11 is 0. The van der Waals surface area contributed by atoms with Crippen LogP contribution < -0.4 is 15.4 Å². The molecule has 5 nitrogen and oxygen atoms in total. The Bertz CT molecular complexity index is 738. The monoisotopic (exact) mass is 312 g/mol. The number of fused-ring (bicyclic) bond motifs is 1. The van der Waals surface area contributed by atoms with E-state index in [-0.39, 0.29) is 18.4 Å². The van der Waals surface area contributed by atoms with Crippen LogP contribution in [-0.2, 0) is 4.79 Å². The van der Waals surface area contributed by atoms with Gasteiger partial charge in [0.1, 0.15) is 5.75 Å². The minimum Gasteiger partial charge on any atom is -0.493 e. The highest BCUT2D eigenvalue weighted by molar-refractivity contribution is 6.02. The van der Waals surface area contributed by atoms with E-state index < -0.39 is 0 Å². The minimum absolute atomic E-state index is 0.0201. The summed E-state index contributed by atoms with van der Waals surface area (Å²) in [5.74, 6) is 0.0797. The van der Waals surface area contributed by atoms with E-state index in [1.54, 1.807) is 6.07 Å². The SMILES string of the molecule is CCOc1cc2ccccc2cc1C(=O)NCC(=O)NC1CC1. The molecule has 0 atom stereocenters. The average molecular weight is 312 g/mol. The number of amides is 2. The van der Waals surface area contributed by atoms with Crippen LogP contribution in [0.3, 0.4) is 0 Å². The summed E-state index contributed by atoms with van der Waals surface area (Å²) in [6.45, 7) is 2.33. The molecule has 3 rings (SSSR count). The van der Waals surface area contributed by atoms with Gasteiger partial charge in [-0.25, -0.2) is 0 Å². The number of carbonyl (C=O) groups excluding carboxylic acids is 2. The molecule has 0 aliphatic heterocycles. The first-order valence-electron chi connectivity index (χ1n) is 7.90. The number of carbonyl (C=O) groups is 2. The Morgan fingerprint density at radius 3 is 2.52 bits per heavy atom. The van der Waals surface area contributed by atoms with Gasteiger partial charge in [0.25, 0.3) is 5.91 Å². The van der Waals surface area contributed by atoms with Crippen LogP contribution in [0.15, 0.2) is 36.4 Å². The Labute approximate surface area is 135 Å². The fraction of sp³-hybridized carbons (Fsp3) is 0.333. The quantitative estimate of drug-likeness (QED) is 0.859. The smallest absolute Gasteiger partial charge is 0.255 e. The third kappa shape index (κ3) is 3.80. The maximum atomic E-state index is 12.4. The van der Waals surface area contributed by atoms with Gasteiger partial charge in [0, 0.05) is 6.04 Å². The minimum atomic E-state index is -0.301. The highest BCUT2D eigenvalue weighted by atomic mass is 16.5. The average Bonchev–Trinajstić information content (AvgIpc) is 3.36. The highest BCUT2D eigenvalue weighted by Crippen LogP contribution is 2.26. The molecule has 0 saturated heterocycles. The van der Waals surface area contributed by atoms with Crippen molar-refractivity contribution >= 4 is 22.6 Å². The van der Waals surface area contributed by atoms with Crippen molar-refractivity contribution in [1.29, 1.82) is 0 Å². The summed E-state index contributed by atoms with van der Waals surface area (Å²) in [4.78, 5) is 24.1. The summed E-state index contributed by atoms with van der Waals surface area (Å²) in [7, 11) is 0.